The third-order valence-corrected chi connectivity index (χ3v) is 8.48. The zero-order valence-corrected chi connectivity index (χ0v) is 20.3. The predicted octanol–water partition coefficient (Wildman–Crippen LogP) is 4.64. The van der Waals surface area contributed by atoms with Gasteiger partial charge in [0.05, 0.1) is 12.1 Å². The fourth-order valence-electron chi connectivity index (χ4n) is 5.08. The topological polar surface area (TPSA) is 74.3 Å². The van der Waals surface area contributed by atoms with Crippen molar-refractivity contribution in [3.05, 3.63) is 75.6 Å². The van der Waals surface area contributed by atoms with E-state index in [1.165, 1.54) is 18.2 Å². The minimum absolute atomic E-state index is 0.116. The van der Waals surface area contributed by atoms with Gasteiger partial charge >= 0.3 is 10.1 Å². The van der Waals surface area contributed by atoms with Gasteiger partial charge < -0.3 is 18.4 Å². The summed E-state index contributed by atoms with van der Waals surface area (Å²) in [6.07, 6.45) is 1.50. The van der Waals surface area contributed by atoms with Gasteiger partial charge in [-0.3, -0.25) is 4.90 Å². The lowest BCUT2D eigenvalue weighted by molar-refractivity contribution is 0.159. The van der Waals surface area contributed by atoms with Crippen LogP contribution in [0.25, 0.3) is 0 Å². The van der Waals surface area contributed by atoms with Gasteiger partial charge in [0.1, 0.15) is 10.7 Å². The van der Waals surface area contributed by atoms with Crippen LogP contribution >= 0.6 is 11.6 Å². The Bertz CT molecular complexity index is 1460. The Balaban J connectivity index is 1.39. The molecule has 35 heavy (non-hydrogen) atoms. The van der Waals surface area contributed by atoms with Crippen LogP contribution in [0.1, 0.15) is 28.3 Å². The smallest absolute Gasteiger partial charge is 0.340 e. The first-order valence-corrected chi connectivity index (χ1v) is 12.9. The average molecular weight is 518 g/mol. The lowest BCUT2D eigenvalue weighted by Gasteiger charge is -2.42. The maximum atomic E-state index is 13.5. The molecule has 0 aliphatic carbocycles. The van der Waals surface area contributed by atoms with Crippen LogP contribution in [-0.4, -0.2) is 33.8 Å². The summed E-state index contributed by atoms with van der Waals surface area (Å²) >= 11 is 6.02. The Morgan fingerprint density at radius 1 is 1.09 bits per heavy atom. The third kappa shape index (κ3) is 3.78. The Kier molecular flexibility index (Phi) is 5.32. The summed E-state index contributed by atoms with van der Waals surface area (Å²) < 4.78 is 61.9. The van der Waals surface area contributed by atoms with Crippen LogP contribution in [0.2, 0.25) is 5.02 Å². The van der Waals surface area contributed by atoms with Gasteiger partial charge in [-0.05, 0) is 65.9 Å². The van der Waals surface area contributed by atoms with Crippen molar-refractivity contribution in [2.24, 2.45) is 0 Å². The Hall–Kier alpha value is -3.01. The third-order valence-electron chi connectivity index (χ3n) is 6.77. The van der Waals surface area contributed by atoms with Gasteiger partial charge in [0.25, 0.3) is 0 Å². The van der Waals surface area contributed by atoms with Crippen molar-refractivity contribution in [2.45, 2.75) is 30.3 Å². The summed E-state index contributed by atoms with van der Waals surface area (Å²) in [5, 5.41) is -0.250. The van der Waals surface area contributed by atoms with Crippen molar-refractivity contribution in [3.8, 4) is 23.0 Å². The monoisotopic (exact) mass is 517 g/mol. The molecule has 0 saturated carbocycles. The normalized spacial score (nSPS) is 18.4. The summed E-state index contributed by atoms with van der Waals surface area (Å²) in [4.78, 5) is 1.99. The molecule has 0 saturated heterocycles. The van der Waals surface area contributed by atoms with Crippen molar-refractivity contribution in [3.63, 3.8) is 0 Å². The standard InChI is InChI=1S/C25H21ClFNO6S/c1-31-21-4-2-14-8-20-17-11-23-22(32-13-33-23)9-15(17)6-7-28(20)12-18(14)25(21)34-35(29,30)24-5-3-16(27)10-19(24)26/h2-5,9-11,20H,6-8,12-13H2,1H3. The first kappa shape index (κ1) is 22.5. The molecule has 3 aromatic rings. The van der Waals surface area contributed by atoms with Crippen molar-refractivity contribution in [1.29, 1.82) is 0 Å². The molecule has 3 heterocycles. The molecular weight excluding hydrogens is 497 g/mol. The van der Waals surface area contributed by atoms with E-state index in [9.17, 15) is 12.8 Å². The van der Waals surface area contributed by atoms with Crippen LogP contribution in [0.5, 0.6) is 23.0 Å². The number of rotatable bonds is 4. The Morgan fingerprint density at radius 2 is 1.89 bits per heavy atom. The molecule has 1 atom stereocenters. The van der Waals surface area contributed by atoms with Crippen LogP contribution in [0.15, 0.2) is 47.4 Å². The molecule has 0 fully saturated rings. The van der Waals surface area contributed by atoms with Crippen LogP contribution in [0.3, 0.4) is 0 Å². The molecule has 0 amide bonds. The van der Waals surface area contributed by atoms with Crippen LogP contribution in [0.4, 0.5) is 4.39 Å². The van der Waals surface area contributed by atoms with Crippen LogP contribution in [-0.2, 0) is 29.5 Å². The highest BCUT2D eigenvalue weighted by Gasteiger charge is 2.36. The SMILES string of the molecule is COc1ccc2c(c1OS(=O)(=O)c1ccc(F)cc1Cl)CN1CCc3cc4c(cc3C1C2)OCO4. The molecule has 6 rings (SSSR count). The van der Waals surface area contributed by atoms with Gasteiger partial charge in [-0.2, -0.15) is 8.42 Å². The molecule has 1 unspecified atom stereocenters. The maximum Gasteiger partial charge on any atom is 0.340 e. The minimum Gasteiger partial charge on any atom is -0.493 e. The van der Waals surface area contributed by atoms with E-state index in [0.29, 0.717) is 18.7 Å². The molecule has 3 aromatic carbocycles. The zero-order chi connectivity index (χ0) is 24.3. The molecule has 182 valence electrons. The molecule has 0 radical (unpaired) electrons. The lowest BCUT2D eigenvalue weighted by atomic mass is 9.83. The van der Waals surface area contributed by atoms with E-state index >= 15 is 0 Å². The quantitative estimate of drug-likeness (QED) is 0.467. The minimum atomic E-state index is -4.34. The van der Waals surface area contributed by atoms with Gasteiger partial charge in [0.15, 0.2) is 23.0 Å². The fraction of sp³-hybridized carbons (Fsp3) is 0.280. The number of benzene rings is 3. The summed E-state index contributed by atoms with van der Waals surface area (Å²) in [6.45, 7) is 1.50. The van der Waals surface area contributed by atoms with E-state index in [4.69, 9.17) is 30.0 Å². The number of nitrogens with zero attached hydrogens (tertiary/aromatic N) is 1. The summed E-state index contributed by atoms with van der Waals surface area (Å²) in [7, 11) is -2.88. The predicted molar refractivity (Wildman–Crippen MR) is 125 cm³/mol. The van der Waals surface area contributed by atoms with E-state index < -0.39 is 15.9 Å². The lowest BCUT2D eigenvalue weighted by Crippen LogP contribution is -2.39. The number of hydrogen-bond acceptors (Lipinski definition) is 7. The molecule has 10 heteroatoms. The van der Waals surface area contributed by atoms with Gasteiger partial charge in [-0.1, -0.05) is 17.7 Å². The van der Waals surface area contributed by atoms with Gasteiger partial charge in [0.2, 0.25) is 6.79 Å². The largest absolute Gasteiger partial charge is 0.493 e. The van der Waals surface area contributed by atoms with E-state index in [1.54, 1.807) is 6.07 Å². The molecular formula is C25H21ClFNO6S. The summed E-state index contributed by atoms with van der Waals surface area (Å²) in [5.41, 5.74) is 4.13. The van der Waals surface area contributed by atoms with Crippen LogP contribution in [0, 0.1) is 5.82 Å². The van der Waals surface area contributed by atoms with E-state index in [2.05, 4.69) is 17.0 Å². The molecule has 0 N–H and O–H groups in total. The van der Waals surface area contributed by atoms with Crippen molar-refractivity contribution in [1.82, 2.24) is 4.90 Å². The van der Waals surface area contributed by atoms with Crippen molar-refractivity contribution in [2.75, 3.05) is 20.4 Å². The van der Waals surface area contributed by atoms with Crippen LogP contribution < -0.4 is 18.4 Å². The fourth-order valence-corrected chi connectivity index (χ4v) is 6.55. The Morgan fingerprint density at radius 3 is 2.66 bits per heavy atom. The molecule has 0 spiro atoms. The highest BCUT2D eigenvalue weighted by molar-refractivity contribution is 7.87. The molecule has 3 aliphatic heterocycles. The Labute approximate surface area is 207 Å². The second-order valence-electron chi connectivity index (χ2n) is 8.69. The number of ether oxygens (including phenoxy) is 3. The van der Waals surface area contributed by atoms with E-state index in [-0.39, 0.29) is 28.5 Å². The molecule has 7 nitrogen and oxygen atoms in total. The molecule has 0 aromatic heterocycles. The highest BCUT2D eigenvalue weighted by atomic mass is 35.5. The van der Waals surface area contributed by atoms with Gasteiger partial charge in [-0.15, -0.1) is 0 Å². The average Bonchev–Trinajstić information content (AvgIpc) is 3.29. The van der Waals surface area contributed by atoms with E-state index in [0.717, 1.165) is 53.8 Å². The second-order valence-corrected chi connectivity index (χ2v) is 10.6. The zero-order valence-electron chi connectivity index (χ0n) is 18.7. The number of methoxy groups -OCH3 is 1. The number of fused-ring (bicyclic) bond motifs is 5. The first-order valence-electron chi connectivity index (χ1n) is 11.1. The summed E-state index contributed by atoms with van der Waals surface area (Å²) in [5.74, 6) is 1.31. The number of halogens is 2. The first-order chi connectivity index (χ1) is 16.8. The van der Waals surface area contributed by atoms with E-state index in [1.807, 2.05) is 6.07 Å². The van der Waals surface area contributed by atoms with Crippen molar-refractivity contribution >= 4 is 21.7 Å². The van der Waals surface area contributed by atoms with Gasteiger partial charge in [0, 0.05) is 24.7 Å². The second kappa shape index (κ2) is 8.29. The molecule has 0 bridgehead atoms. The van der Waals surface area contributed by atoms with Crippen molar-refractivity contribution < 1.29 is 31.2 Å². The maximum absolute atomic E-state index is 13.5. The highest BCUT2D eigenvalue weighted by Crippen LogP contribution is 2.47. The number of hydrogen-bond donors (Lipinski definition) is 0. The summed E-state index contributed by atoms with van der Waals surface area (Å²) in [6, 6.07) is 10.9. The van der Waals surface area contributed by atoms with Gasteiger partial charge in [-0.25, -0.2) is 4.39 Å². The molecule has 3 aliphatic rings.